The van der Waals surface area contributed by atoms with Crippen LogP contribution in [0.25, 0.3) is 11.9 Å². The van der Waals surface area contributed by atoms with Gasteiger partial charge in [-0.3, -0.25) is 4.79 Å². The zero-order valence-corrected chi connectivity index (χ0v) is 14.6. The normalized spacial score (nSPS) is 15.3. The summed E-state index contributed by atoms with van der Waals surface area (Å²) >= 11 is 0. The van der Waals surface area contributed by atoms with E-state index in [9.17, 15) is 4.79 Å². The van der Waals surface area contributed by atoms with E-state index in [-0.39, 0.29) is 12.0 Å². The second-order valence-electron chi connectivity index (χ2n) is 6.17. The largest absolute Gasteiger partial charge is 0.473 e. The van der Waals surface area contributed by atoms with Gasteiger partial charge in [-0.1, -0.05) is 0 Å². The van der Waals surface area contributed by atoms with Crippen LogP contribution < -0.4 is 4.74 Å². The molecule has 3 aromatic rings. The lowest BCUT2D eigenvalue weighted by Crippen LogP contribution is -2.41. The summed E-state index contributed by atoms with van der Waals surface area (Å²) in [7, 11) is 0. The van der Waals surface area contributed by atoms with Crippen LogP contribution in [0.4, 0.5) is 0 Å². The van der Waals surface area contributed by atoms with Crippen LogP contribution >= 0.6 is 0 Å². The van der Waals surface area contributed by atoms with Gasteiger partial charge in [0.25, 0.3) is 0 Å². The van der Waals surface area contributed by atoms with E-state index >= 15 is 0 Å². The van der Waals surface area contributed by atoms with Gasteiger partial charge in [0, 0.05) is 50.5 Å². The van der Waals surface area contributed by atoms with E-state index < -0.39 is 0 Å². The maximum atomic E-state index is 12.2. The molecule has 8 nitrogen and oxygen atoms in total. The van der Waals surface area contributed by atoms with Crippen molar-refractivity contribution >= 4 is 12.0 Å². The summed E-state index contributed by atoms with van der Waals surface area (Å²) in [6.45, 7) is 1.29. The van der Waals surface area contributed by atoms with Crippen LogP contribution in [0.1, 0.15) is 18.6 Å². The molecule has 3 aromatic heterocycles. The van der Waals surface area contributed by atoms with Crippen molar-refractivity contribution in [3.05, 3.63) is 60.8 Å². The number of hydrogen-bond acceptors (Lipinski definition) is 6. The first-order valence-electron chi connectivity index (χ1n) is 8.79. The van der Waals surface area contributed by atoms with Crippen molar-refractivity contribution in [1.82, 2.24) is 24.9 Å². The Hall–Kier alpha value is -3.42. The quantitative estimate of drug-likeness (QED) is 0.645. The molecule has 0 saturated carbocycles. The van der Waals surface area contributed by atoms with Crippen molar-refractivity contribution in [3.63, 3.8) is 0 Å². The van der Waals surface area contributed by atoms with Gasteiger partial charge in [-0.15, -0.1) is 10.2 Å². The molecule has 8 heteroatoms. The van der Waals surface area contributed by atoms with Crippen molar-refractivity contribution in [2.45, 2.75) is 18.9 Å². The molecule has 1 amide bonds. The van der Waals surface area contributed by atoms with E-state index in [2.05, 4.69) is 15.3 Å². The monoisotopic (exact) mass is 365 g/mol. The Balaban J connectivity index is 1.27. The van der Waals surface area contributed by atoms with Crippen molar-refractivity contribution < 1.29 is 13.9 Å². The molecule has 1 fully saturated rings. The summed E-state index contributed by atoms with van der Waals surface area (Å²) in [4.78, 5) is 14.0. The van der Waals surface area contributed by atoms with Crippen molar-refractivity contribution in [2.24, 2.45) is 0 Å². The van der Waals surface area contributed by atoms with Crippen LogP contribution in [0.2, 0.25) is 0 Å². The molecule has 0 bridgehead atoms. The van der Waals surface area contributed by atoms with E-state index in [1.165, 1.54) is 0 Å². The number of nitrogens with zero attached hydrogens (tertiary/aromatic N) is 5. The van der Waals surface area contributed by atoms with Crippen molar-refractivity contribution in [3.8, 4) is 11.7 Å². The zero-order chi connectivity index (χ0) is 18.5. The number of amides is 1. The van der Waals surface area contributed by atoms with Crippen LogP contribution in [-0.4, -0.2) is 50.0 Å². The average Bonchev–Trinajstić information content (AvgIpc) is 3.41. The molecule has 138 valence electrons. The predicted octanol–water partition coefficient (Wildman–Crippen LogP) is 2.34. The highest BCUT2D eigenvalue weighted by atomic mass is 16.5. The minimum absolute atomic E-state index is 0.0202. The number of furan rings is 1. The first-order valence-corrected chi connectivity index (χ1v) is 8.79. The van der Waals surface area contributed by atoms with E-state index in [4.69, 9.17) is 9.15 Å². The van der Waals surface area contributed by atoms with Gasteiger partial charge in [-0.05, 0) is 30.3 Å². The van der Waals surface area contributed by atoms with E-state index in [0.717, 1.165) is 12.8 Å². The maximum absolute atomic E-state index is 12.2. The van der Waals surface area contributed by atoms with Gasteiger partial charge in [0.05, 0.1) is 6.26 Å². The summed E-state index contributed by atoms with van der Waals surface area (Å²) in [6.07, 6.45) is 9.82. The molecule has 0 atom stereocenters. The maximum Gasteiger partial charge on any atom is 0.246 e. The Kier molecular flexibility index (Phi) is 4.95. The second-order valence-corrected chi connectivity index (χ2v) is 6.17. The molecule has 4 heterocycles. The van der Waals surface area contributed by atoms with Gasteiger partial charge in [0.2, 0.25) is 11.8 Å². The van der Waals surface area contributed by atoms with Gasteiger partial charge in [0.15, 0.2) is 5.82 Å². The molecule has 0 aliphatic carbocycles. The first kappa shape index (κ1) is 17.0. The van der Waals surface area contributed by atoms with Crippen LogP contribution in [-0.2, 0) is 4.79 Å². The van der Waals surface area contributed by atoms with Gasteiger partial charge < -0.3 is 14.1 Å². The summed E-state index contributed by atoms with van der Waals surface area (Å²) in [5.41, 5.74) is 0. The van der Waals surface area contributed by atoms with Crippen LogP contribution in [0.3, 0.4) is 0 Å². The van der Waals surface area contributed by atoms with E-state index in [0.29, 0.717) is 30.5 Å². The zero-order valence-electron chi connectivity index (χ0n) is 14.6. The van der Waals surface area contributed by atoms with Crippen LogP contribution in [0.5, 0.6) is 5.88 Å². The number of likely N-dealkylation sites (tertiary alicyclic amines) is 1. The molecular formula is C19H19N5O3. The fourth-order valence-electron chi connectivity index (χ4n) is 2.91. The molecular weight excluding hydrogens is 346 g/mol. The van der Waals surface area contributed by atoms with Crippen molar-refractivity contribution in [2.75, 3.05) is 13.1 Å². The third kappa shape index (κ3) is 4.22. The standard InChI is InChI=1S/C19H19N5O3/c25-19(7-4-15-3-1-14-26-15)23-12-8-16(9-13-23)27-18-6-5-17(21-22-18)24-11-2-10-20-24/h1-7,10-11,14,16H,8-9,12-13H2/b7-4+. The highest BCUT2D eigenvalue weighted by Gasteiger charge is 2.23. The molecule has 0 aromatic carbocycles. The lowest BCUT2D eigenvalue weighted by molar-refractivity contribution is -0.127. The number of hydrogen-bond donors (Lipinski definition) is 0. The third-order valence-corrected chi connectivity index (χ3v) is 4.34. The topological polar surface area (TPSA) is 86.3 Å². The fraction of sp³-hybridized carbons (Fsp3) is 0.263. The lowest BCUT2D eigenvalue weighted by atomic mass is 10.1. The van der Waals surface area contributed by atoms with Crippen LogP contribution in [0, 0.1) is 0 Å². The number of carbonyl (C=O) groups excluding carboxylic acids is 1. The number of carbonyl (C=O) groups is 1. The Morgan fingerprint density at radius 3 is 2.74 bits per heavy atom. The molecule has 1 aliphatic rings. The highest BCUT2D eigenvalue weighted by Crippen LogP contribution is 2.18. The predicted molar refractivity (Wildman–Crippen MR) is 97.1 cm³/mol. The second kappa shape index (κ2) is 7.86. The Labute approximate surface area is 156 Å². The molecule has 1 aliphatic heterocycles. The molecule has 0 unspecified atom stereocenters. The third-order valence-electron chi connectivity index (χ3n) is 4.34. The molecule has 4 rings (SSSR count). The van der Waals surface area contributed by atoms with Gasteiger partial charge in [0.1, 0.15) is 11.9 Å². The number of aromatic nitrogens is 4. The first-order chi connectivity index (χ1) is 13.3. The van der Waals surface area contributed by atoms with Gasteiger partial charge in [-0.2, -0.15) is 5.10 Å². The number of ether oxygens (including phenoxy) is 1. The molecule has 0 N–H and O–H groups in total. The molecule has 1 saturated heterocycles. The van der Waals surface area contributed by atoms with Crippen molar-refractivity contribution in [1.29, 1.82) is 0 Å². The fourth-order valence-corrected chi connectivity index (χ4v) is 2.91. The number of piperidine rings is 1. The lowest BCUT2D eigenvalue weighted by Gasteiger charge is -2.31. The summed E-state index contributed by atoms with van der Waals surface area (Å²) < 4.78 is 12.7. The van der Waals surface area contributed by atoms with Crippen LogP contribution in [0.15, 0.2) is 59.5 Å². The minimum Gasteiger partial charge on any atom is -0.473 e. The number of rotatable bonds is 5. The summed E-state index contributed by atoms with van der Waals surface area (Å²) in [5.74, 6) is 1.76. The Morgan fingerprint density at radius 2 is 2.07 bits per heavy atom. The highest BCUT2D eigenvalue weighted by molar-refractivity contribution is 5.91. The van der Waals surface area contributed by atoms with Gasteiger partial charge in [-0.25, -0.2) is 4.68 Å². The summed E-state index contributed by atoms with van der Waals surface area (Å²) in [6, 6.07) is 9.02. The smallest absolute Gasteiger partial charge is 0.246 e. The SMILES string of the molecule is O=C(/C=C/c1ccco1)N1CCC(Oc2ccc(-n3cccn3)nn2)CC1. The molecule has 27 heavy (non-hydrogen) atoms. The van der Waals surface area contributed by atoms with E-state index in [1.54, 1.807) is 47.6 Å². The summed E-state index contributed by atoms with van der Waals surface area (Å²) in [5, 5.41) is 12.3. The minimum atomic E-state index is -0.0202. The Bertz CT molecular complexity index is 880. The Morgan fingerprint density at radius 1 is 1.19 bits per heavy atom. The average molecular weight is 365 g/mol. The van der Waals surface area contributed by atoms with Gasteiger partial charge >= 0.3 is 0 Å². The molecule has 0 spiro atoms. The van der Waals surface area contributed by atoms with E-state index in [1.807, 2.05) is 23.1 Å². The molecule has 0 radical (unpaired) electrons.